The van der Waals surface area contributed by atoms with Crippen LogP contribution in [0.4, 0.5) is 5.69 Å². The van der Waals surface area contributed by atoms with Gasteiger partial charge in [0, 0.05) is 5.56 Å². The van der Waals surface area contributed by atoms with E-state index in [1.165, 1.54) is 6.07 Å². The SMILES string of the molecule is Cc1cc(O)ccc1C(=O)Nc1ccc(Br)nc1C. The van der Waals surface area contributed by atoms with Crippen LogP contribution in [-0.2, 0) is 0 Å². The first-order valence-corrected chi connectivity index (χ1v) is 6.51. The highest BCUT2D eigenvalue weighted by molar-refractivity contribution is 9.10. The molecule has 98 valence electrons. The van der Waals surface area contributed by atoms with Crippen molar-refractivity contribution < 1.29 is 9.90 Å². The fourth-order valence-corrected chi connectivity index (χ4v) is 2.15. The zero-order valence-electron chi connectivity index (χ0n) is 10.6. The van der Waals surface area contributed by atoms with Crippen molar-refractivity contribution in [2.75, 3.05) is 5.32 Å². The topological polar surface area (TPSA) is 62.2 Å². The number of hydrogen-bond acceptors (Lipinski definition) is 3. The van der Waals surface area contributed by atoms with Crippen molar-refractivity contribution in [2.45, 2.75) is 13.8 Å². The number of carbonyl (C=O) groups excluding carboxylic acids is 1. The number of aromatic nitrogens is 1. The first kappa shape index (κ1) is 13.5. The molecule has 0 spiro atoms. The molecule has 2 N–H and O–H groups in total. The molecule has 2 rings (SSSR count). The average Bonchev–Trinajstić information content (AvgIpc) is 2.32. The molecule has 0 unspecified atom stereocenters. The Bertz CT molecular complexity index is 641. The van der Waals surface area contributed by atoms with Gasteiger partial charge in [-0.3, -0.25) is 4.79 Å². The van der Waals surface area contributed by atoms with Crippen LogP contribution in [0.15, 0.2) is 34.9 Å². The fraction of sp³-hybridized carbons (Fsp3) is 0.143. The Morgan fingerprint density at radius 2 is 2.00 bits per heavy atom. The highest BCUT2D eigenvalue weighted by Crippen LogP contribution is 2.20. The molecule has 0 atom stereocenters. The van der Waals surface area contributed by atoms with E-state index in [-0.39, 0.29) is 11.7 Å². The summed E-state index contributed by atoms with van der Waals surface area (Å²) in [6.45, 7) is 3.60. The molecule has 2 aromatic rings. The Labute approximate surface area is 119 Å². The van der Waals surface area contributed by atoms with Crippen LogP contribution in [-0.4, -0.2) is 16.0 Å². The molecule has 1 heterocycles. The minimum Gasteiger partial charge on any atom is -0.508 e. The lowest BCUT2D eigenvalue weighted by Gasteiger charge is -2.10. The summed E-state index contributed by atoms with van der Waals surface area (Å²) < 4.78 is 0.726. The highest BCUT2D eigenvalue weighted by atomic mass is 79.9. The summed E-state index contributed by atoms with van der Waals surface area (Å²) in [5.41, 5.74) is 2.65. The van der Waals surface area contributed by atoms with E-state index in [0.29, 0.717) is 11.3 Å². The number of hydrogen-bond donors (Lipinski definition) is 2. The van der Waals surface area contributed by atoms with E-state index in [4.69, 9.17) is 0 Å². The largest absolute Gasteiger partial charge is 0.508 e. The number of aryl methyl sites for hydroxylation is 2. The van der Waals surface area contributed by atoms with Crippen molar-refractivity contribution in [3.8, 4) is 5.75 Å². The van der Waals surface area contributed by atoms with Crippen LogP contribution in [0.2, 0.25) is 0 Å². The van der Waals surface area contributed by atoms with E-state index < -0.39 is 0 Å². The molecule has 1 aromatic heterocycles. The van der Waals surface area contributed by atoms with Crippen LogP contribution in [0.1, 0.15) is 21.6 Å². The third-order valence-corrected chi connectivity index (χ3v) is 3.20. The highest BCUT2D eigenvalue weighted by Gasteiger charge is 2.11. The molecule has 5 heteroatoms. The number of rotatable bonds is 2. The smallest absolute Gasteiger partial charge is 0.255 e. The molecule has 0 saturated carbocycles. The maximum Gasteiger partial charge on any atom is 0.255 e. The Balaban J connectivity index is 2.25. The van der Waals surface area contributed by atoms with E-state index in [2.05, 4.69) is 26.2 Å². The van der Waals surface area contributed by atoms with Crippen LogP contribution in [0.3, 0.4) is 0 Å². The molecular weight excluding hydrogens is 308 g/mol. The first-order chi connectivity index (χ1) is 8.97. The van der Waals surface area contributed by atoms with Gasteiger partial charge in [-0.25, -0.2) is 4.98 Å². The number of nitrogens with zero attached hydrogens (tertiary/aromatic N) is 1. The van der Waals surface area contributed by atoms with Gasteiger partial charge in [0.1, 0.15) is 10.4 Å². The molecule has 1 amide bonds. The van der Waals surface area contributed by atoms with Crippen molar-refractivity contribution in [3.63, 3.8) is 0 Å². The van der Waals surface area contributed by atoms with Crippen molar-refractivity contribution in [1.29, 1.82) is 0 Å². The molecule has 0 saturated heterocycles. The standard InChI is InChI=1S/C14H13BrN2O2/c1-8-7-10(18)3-4-11(8)14(19)17-12-5-6-13(15)16-9(12)2/h3-7,18H,1-2H3,(H,17,19). The summed E-state index contributed by atoms with van der Waals surface area (Å²) in [5, 5.41) is 12.1. The zero-order chi connectivity index (χ0) is 14.0. The van der Waals surface area contributed by atoms with Crippen LogP contribution in [0.25, 0.3) is 0 Å². The molecule has 0 bridgehead atoms. The summed E-state index contributed by atoms with van der Waals surface area (Å²) in [4.78, 5) is 16.4. The second kappa shape index (κ2) is 5.40. The summed E-state index contributed by atoms with van der Waals surface area (Å²) in [6.07, 6.45) is 0. The number of phenolic OH excluding ortho intramolecular Hbond substituents is 1. The molecule has 0 aliphatic carbocycles. The Morgan fingerprint density at radius 1 is 1.26 bits per heavy atom. The van der Waals surface area contributed by atoms with Crippen molar-refractivity contribution >= 4 is 27.5 Å². The molecular formula is C14H13BrN2O2. The van der Waals surface area contributed by atoms with Crippen LogP contribution in [0.5, 0.6) is 5.75 Å². The zero-order valence-corrected chi connectivity index (χ0v) is 12.2. The third kappa shape index (κ3) is 3.12. The van der Waals surface area contributed by atoms with Gasteiger partial charge in [-0.05, 0) is 65.7 Å². The van der Waals surface area contributed by atoms with Gasteiger partial charge in [-0.15, -0.1) is 0 Å². The van der Waals surface area contributed by atoms with Gasteiger partial charge in [-0.1, -0.05) is 0 Å². The first-order valence-electron chi connectivity index (χ1n) is 5.71. The summed E-state index contributed by atoms with van der Waals surface area (Å²) in [6, 6.07) is 8.21. The van der Waals surface area contributed by atoms with Crippen molar-refractivity contribution in [2.24, 2.45) is 0 Å². The number of pyridine rings is 1. The molecule has 0 fully saturated rings. The van der Waals surface area contributed by atoms with Crippen molar-refractivity contribution in [1.82, 2.24) is 4.98 Å². The molecule has 19 heavy (non-hydrogen) atoms. The third-order valence-electron chi connectivity index (χ3n) is 2.75. The number of anilines is 1. The van der Waals surface area contributed by atoms with Gasteiger partial charge in [0.25, 0.3) is 5.91 Å². The van der Waals surface area contributed by atoms with E-state index >= 15 is 0 Å². The van der Waals surface area contributed by atoms with Crippen molar-refractivity contribution in [3.05, 3.63) is 51.8 Å². The van der Waals surface area contributed by atoms with Gasteiger partial charge in [0.05, 0.1) is 11.4 Å². The second-order valence-electron chi connectivity index (χ2n) is 4.22. The molecule has 0 radical (unpaired) electrons. The summed E-state index contributed by atoms with van der Waals surface area (Å²) >= 11 is 3.28. The summed E-state index contributed by atoms with van der Waals surface area (Å²) in [5.74, 6) is -0.0692. The molecule has 0 aliphatic heterocycles. The monoisotopic (exact) mass is 320 g/mol. The molecule has 0 aliphatic rings. The van der Waals surface area contributed by atoms with E-state index in [0.717, 1.165) is 15.9 Å². The van der Waals surface area contributed by atoms with E-state index in [1.54, 1.807) is 31.2 Å². The van der Waals surface area contributed by atoms with E-state index in [1.807, 2.05) is 6.92 Å². The lowest BCUT2D eigenvalue weighted by molar-refractivity contribution is 0.102. The quantitative estimate of drug-likeness (QED) is 0.833. The van der Waals surface area contributed by atoms with Gasteiger partial charge in [0.2, 0.25) is 0 Å². The predicted molar refractivity (Wildman–Crippen MR) is 77.5 cm³/mol. The number of aromatic hydroxyl groups is 1. The number of nitrogens with one attached hydrogen (secondary N) is 1. The van der Waals surface area contributed by atoms with Crippen LogP contribution < -0.4 is 5.32 Å². The van der Waals surface area contributed by atoms with Crippen LogP contribution >= 0.6 is 15.9 Å². The minimum absolute atomic E-state index is 0.149. The lowest BCUT2D eigenvalue weighted by atomic mass is 10.1. The summed E-state index contributed by atoms with van der Waals surface area (Å²) in [7, 11) is 0. The Hall–Kier alpha value is -1.88. The molecule has 4 nitrogen and oxygen atoms in total. The number of halogens is 1. The number of carbonyl (C=O) groups is 1. The van der Waals surface area contributed by atoms with Gasteiger partial charge in [-0.2, -0.15) is 0 Å². The van der Waals surface area contributed by atoms with E-state index in [9.17, 15) is 9.90 Å². The average molecular weight is 321 g/mol. The molecule has 1 aromatic carbocycles. The van der Waals surface area contributed by atoms with Gasteiger partial charge in [0.15, 0.2) is 0 Å². The predicted octanol–water partition coefficient (Wildman–Crippen LogP) is 3.42. The number of amides is 1. The fourth-order valence-electron chi connectivity index (χ4n) is 1.75. The second-order valence-corrected chi connectivity index (χ2v) is 5.03. The van der Waals surface area contributed by atoms with Gasteiger partial charge >= 0.3 is 0 Å². The lowest BCUT2D eigenvalue weighted by Crippen LogP contribution is -2.14. The minimum atomic E-state index is -0.218. The number of phenols is 1. The van der Waals surface area contributed by atoms with Gasteiger partial charge < -0.3 is 10.4 Å². The number of benzene rings is 1. The maximum atomic E-state index is 12.2. The maximum absolute atomic E-state index is 12.2. The van der Waals surface area contributed by atoms with Crippen LogP contribution in [0, 0.1) is 13.8 Å². The normalized spacial score (nSPS) is 10.3. The Morgan fingerprint density at radius 3 is 2.63 bits per heavy atom. The Kier molecular flexibility index (Phi) is 3.85.